The molecule has 0 radical (unpaired) electrons. The summed E-state index contributed by atoms with van der Waals surface area (Å²) in [7, 11) is 1.64. The van der Waals surface area contributed by atoms with Crippen LogP contribution in [0.5, 0.6) is 5.75 Å². The van der Waals surface area contributed by atoms with E-state index in [0.29, 0.717) is 5.92 Å². The van der Waals surface area contributed by atoms with Crippen LogP contribution in [0.3, 0.4) is 0 Å². The molecule has 0 saturated heterocycles. The van der Waals surface area contributed by atoms with Gasteiger partial charge in [0.25, 0.3) is 5.91 Å². The van der Waals surface area contributed by atoms with Gasteiger partial charge in [-0.3, -0.25) is 4.79 Å². The minimum Gasteiger partial charge on any atom is -0.494 e. The van der Waals surface area contributed by atoms with Crippen molar-refractivity contribution >= 4 is 22.5 Å². The van der Waals surface area contributed by atoms with Gasteiger partial charge in [0.2, 0.25) is 0 Å². The second kappa shape index (κ2) is 5.33. The lowest BCUT2D eigenvalue weighted by molar-refractivity contribution is -0.125. The SMILES string of the molecule is COc1ccc(C2=NNC(=O)C2(C)C)c2ccc(C(C)C)nc12. The monoisotopic (exact) mass is 311 g/mol. The molecule has 1 amide bonds. The number of benzene rings is 1. The Labute approximate surface area is 135 Å². The third-order valence-electron chi connectivity index (χ3n) is 4.34. The van der Waals surface area contributed by atoms with Gasteiger partial charge in [0.15, 0.2) is 0 Å². The van der Waals surface area contributed by atoms with Gasteiger partial charge in [-0.2, -0.15) is 5.10 Å². The average molecular weight is 311 g/mol. The molecule has 0 atom stereocenters. The van der Waals surface area contributed by atoms with E-state index >= 15 is 0 Å². The molecule has 1 aromatic heterocycles. The van der Waals surface area contributed by atoms with Crippen LogP contribution in [0.15, 0.2) is 29.4 Å². The van der Waals surface area contributed by atoms with Gasteiger partial charge in [0, 0.05) is 16.6 Å². The van der Waals surface area contributed by atoms with Gasteiger partial charge in [-0.25, -0.2) is 10.4 Å². The molecule has 5 heteroatoms. The van der Waals surface area contributed by atoms with Gasteiger partial charge in [0.05, 0.1) is 18.2 Å². The Hall–Kier alpha value is -2.43. The lowest BCUT2D eigenvalue weighted by Gasteiger charge is -2.19. The van der Waals surface area contributed by atoms with Crippen molar-refractivity contribution in [1.82, 2.24) is 10.4 Å². The molecular weight excluding hydrogens is 290 g/mol. The number of fused-ring (bicyclic) bond motifs is 1. The number of carbonyl (C=O) groups excluding carboxylic acids is 1. The van der Waals surface area contributed by atoms with E-state index in [4.69, 9.17) is 9.72 Å². The number of nitrogens with one attached hydrogen (secondary N) is 1. The van der Waals surface area contributed by atoms with Crippen molar-refractivity contribution in [2.24, 2.45) is 10.5 Å². The van der Waals surface area contributed by atoms with Crippen LogP contribution in [0.25, 0.3) is 10.9 Å². The zero-order valence-corrected chi connectivity index (χ0v) is 14.1. The lowest BCUT2D eigenvalue weighted by Crippen LogP contribution is -2.32. The van der Waals surface area contributed by atoms with E-state index in [1.54, 1.807) is 7.11 Å². The summed E-state index contributed by atoms with van der Waals surface area (Å²) in [4.78, 5) is 16.8. The number of ether oxygens (including phenoxy) is 1. The standard InChI is InChI=1S/C18H21N3O2/c1-10(2)13-8-6-11-12(7-9-14(23-5)15(11)19-13)16-18(3,4)17(22)21-20-16/h6-10H,1-5H3,(H,21,22). The van der Waals surface area contributed by atoms with Crippen molar-refractivity contribution in [2.75, 3.05) is 7.11 Å². The van der Waals surface area contributed by atoms with E-state index in [9.17, 15) is 4.79 Å². The fraction of sp³-hybridized carbons (Fsp3) is 0.389. The number of rotatable bonds is 3. The van der Waals surface area contributed by atoms with Crippen LogP contribution in [0.2, 0.25) is 0 Å². The van der Waals surface area contributed by atoms with E-state index in [-0.39, 0.29) is 5.91 Å². The molecule has 1 aliphatic rings. The zero-order valence-electron chi connectivity index (χ0n) is 14.1. The van der Waals surface area contributed by atoms with Gasteiger partial charge in [-0.15, -0.1) is 0 Å². The average Bonchev–Trinajstić information content (AvgIpc) is 2.79. The van der Waals surface area contributed by atoms with Crippen LogP contribution in [0.4, 0.5) is 0 Å². The molecular formula is C18H21N3O2. The first kappa shape index (κ1) is 15.5. The highest BCUT2D eigenvalue weighted by Crippen LogP contribution is 2.34. The molecule has 2 aromatic rings. The Morgan fingerprint density at radius 1 is 1.17 bits per heavy atom. The Balaban J connectivity index is 2.26. The fourth-order valence-electron chi connectivity index (χ4n) is 2.79. The second-order valence-electron chi connectivity index (χ2n) is 6.63. The number of aromatic nitrogens is 1. The summed E-state index contributed by atoms with van der Waals surface area (Å²) >= 11 is 0. The normalized spacial score (nSPS) is 16.6. The van der Waals surface area contributed by atoms with Gasteiger partial charge >= 0.3 is 0 Å². The van der Waals surface area contributed by atoms with E-state index in [2.05, 4.69) is 24.4 Å². The molecule has 23 heavy (non-hydrogen) atoms. The predicted octanol–water partition coefficient (Wildman–Crippen LogP) is 3.23. The highest BCUT2D eigenvalue weighted by atomic mass is 16.5. The van der Waals surface area contributed by atoms with Crippen LogP contribution in [0.1, 0.15) is 44.9 Å². The van der Waals surface area contributed by atoms with Crippen molar-refractivity contribution in [3.63, 3.8) is 0 Å². The molecule has 2 heterocycles. The summed E-state index contributed by atoms with van der Waals surface area (Å²) in [6, 6.07) is 7.89. The molecule has 120 valence electrons. The quantitative estimate of drug-likeness (QED) is 0.946. The van der Waals surface area contributed by atoms with Gasteiger partial charge < -0.3 is 4.74 Å². The van der Waals surface area contributed by atoms with E-state index in [1.165, 1.54) is 0 Å². The van der Waals surface area contributed by atoms with E-state index < -0.39 is 5.41 Å². The number of nitrogens with zero attached hydrogens (tertiary/aromatic N) is 2. The summed E-state index contributed by atoms with van der Waals surface area (Å²) in [5.74, 6) is 0.960. The molecule has 0 spiro atoms. The maximum absolute atomic E-state index is 12.0. The maximum atomic E-state index is 12.0. The number of hydrazone groups is 1. The first-order valence-corrected chi connectivity index (χ1v) is 7.73. The van der Waals surface area contributed by atoms with Gasteiger partial charge in [-0.05, 0) is 38.0 Å². The number of amides is 1. The van der Waals surface area contributed by atoms with E-state index in [1.807, 2.05) is 38.1 Å². The summed E-state index contributed by atoms with van der Waals surface area (Å²) in [5.41, 5.74) is 5.36. The van der Waals surface area contributed by atoms with Crippen LogP contribution in [-0.4, -0.2) is 23.7 Å². The zero-order chi connectivity index (χ0) is 16.8. The van der Waals surface area contributed by atoms with Crippen LogP contribution in [0, 0.1) is 5.41 Å². The van der Waals surface area contributed by atoms with Crippen molar-refractivity contribution < 1.29 is 9.53 Å². The number of hydrogen-bond acceptors (Lipinski definition) is 4. The predicted molar refractivity (Wildman–Crippen MR) is 90.8 cm³/mol. The fourth-order valence-corrected chi connectivity index (χ4v) is 2.79. The largest absolute Gasteiger partial charge is 0.494 e. The Morgan fingerprint density at radius 2 is 1.91 bits per heavy atom. The van der Waals surface area contributed by atoms with Crippen molar-refractivity contribution in [3.8, 4) is 5.75 Å². The molecule has 0 unspecified atom stereocenters. The first-order valence-electron chi connectivity index (χ1n) is 7.73. The lowest BCUT2D eigenvalue weighted by atomic mass is 9.82. The van der Waals surface area contributed by atoms with Crippen LogP contribution >= 0.6 is 0 Å². The molecule has 0 saturated carbocycles. The topological polar surface area (TPSA) is 63.6 Å². The minimum absolute atomic E-state index is 0.0942. The van der Waals surface area contributed by atoms with E-state index in [0.717, 1.165) is 33.6 Å². The minimum atomic E-state index is -0.668. The molecule has 1 aliphatic heterocycles. The van der Waals surface area contributed by atoms with Crippen molar-refractivity contribution in [1.29, 1.82) is 0 Å². The summed E-state index contributed by atoms with van der Waals surface area (Å²) < 4.78 is 5.47. The van der Waals surface area contributed by atoms with Crippen LogP contribution < -0.4 is 10.2 Å². The number of carbonyl (C=O) groups is 1. The van der Waals surface area contributed by atoms with Crippen molar-refractivity contribution in [3.05, 3.63) is 35.5 Å². The smallest absolute Gasteiger partial charge is 0.251 e. The summed E-state index contributed by atoms with van der Waals surface area (Å²) in [6.45, 7) is 7.97. The van der Waals surface area contributed by atoms with Crippen molar-refractivity contribution in [2.45, 2.75) is 33.6 Å². The number of pyridine rings is 1. The Morgan fingerprint density at radius 3 is 2.48 bits per heavy atom. The molecule has 0 fully saturated rings. The van der Waals surface area contributed by atoms with Crippen LogP contribution in [-0.2, 0) is 4.79 Å². The van der Waals surface area contributed by atoms with Gasteiger partial charge in [0.1, 0.15) is 11.3 Å². The van der Waals surface area contributed by atoms with Gasteiger partial charge in [-0.1, -0.05) is 19.9 Å². The molecule has 0 aliphatic carbocycles. The summed E-state index contributed by atoms with van der Waals surface area (Å²) in [5, 5.41) is 5.19. The Kier molecular flexibility index (Phi) is 3.59. The number of hydrogen-bond donors (Lipinski definition) is 1. The number of methoxy groups -OCH3 is 1. The third-order valence-corrected chi connectivity index (χ3v) is 4.34. The first-order chi connectivity index (χ1) is 10.9. The molecule has 3 rings (SSSR count). The Bertz CT molecular complexity index is 822. The molecule has 5 nitrogen and oxygen atoms in total. The third kappa shape index (κ3) is 2.36. The maximum Gasteiger partial charge on any atom is 0.251 e. The molecule has 0 bridgehead atoms. The second-order valence-corrected chi connectivity index (χ2v) is 6.63. The molecule has 1 N–H and O–H groups in total. The molecule has 1 aromatic carbocycles. The highest BCUT2D eigenvalue weighted by molar-refractivity contribution is 6.23. The highest BCUT2D eigenvalue weighted by Gasteiger charge is 2.40. The summed E-state index contributed by atoms with van der Waals surface area (Å²) in [6.07, 6.45) is 0.